The Morgan fingerprint density at radius 3 is 3.00 bits per heavy atom. The summed E-state index contributed by atoms with van der Waals surface area (Å²) in [6.07, 6.45) is 5.65. The first kappa shape index (κ1) is 10.5. The summed E-state index contributed by atoms with van der Waals surface area (Å²) in [6.45, 7) is 3.21. The van der Waals surface area contributed by atoms with Crippen molar-refractivity contribution in [3.63, 3.8) is 0 Å². The van der Waals surface area contributed by atoms with E-state index in [0.29, 0.717) is 5.65 Å². The summed E-state index contributed by atoms with van der Waals surface area (Å²) < 4.78 is 0. The predicted octanol–water partition coefficient (Wildman–Crippen LogP) is 0.764. The summed E-state index contributed by atoms with van der Waals surface area (Å²) in [4.78, 5) is 15.5. The fraction of sp³-hybridized carbons (Fsp3) is 0.545. The highest BCUT2D eigenvalue weighted by molar-refractivity contribution is 5.81. The SMILES string of the molecule is c1nc(NCC2CCNCC2)c2[nH]cnc2n1. The number of hydrogen-bond donors (Lipinski definition) is 3. The summed E-state index contributed by atoms with van der Waals surface area (Å²) in [7, 11) is 0. The zero-order chi connectivity index (χ0) is 11.5. The monoisotopic (exact) mass is 232 g/mol. The van der Waals surface area contributed by atoms with Crippen molar-refractivity contribution in [2.45, 2.75) is 12.8 Å². The average molecular weight is 232 g/mol. The summed E-state index contributed by atoms with van der Waals surface area (Å²) in [5, 5.41) is 6.76. The summed E-state index contributed by atoms with van der Waals surface area (Å²) in [6, 6.07) is 0. The fourth-order valence-electron chi connectivity index (χ4n) is 2.23. The molecule has 0 spiro atoms. The first-order chi connectivity index (χ1) is 8.43. The van der Waals surface area contributed by atoms with Crippen molar-refractivity contribution in [1.82, 2.24) is 25.3 Å². The van der Waals surface area contributed by atoms with Gasteiger partial charge in [0.15, 0.2) is 11.5 Å². The molecule has 0 radical (unpaired) electrons. The van der Waals surface area contributed by atoms with E-state index in [9.17, 15) is 0 Å². The third-order valence-electron chi connectivity index (χ3n) is 3.24. The molecular formula is C11H16N6. The molecule has 0 saturated carbocycles. The van der Waals surface area contributed by atoms with Gasteiger partial charge in [-0.05, 0) is 31.8 Å². The van der Waals surface area contributed by atoms with E-state index in [0.717, 1.165) is 36.9 Å². The quantitative estimate of drug-likeness (QED) is 0.728. The predicted molar refractivity (Wildman–Crippen MR) is 65.8 cm³/mol. The molecular weight excluding hydrogens is 216 g/mol. The van der Waals surface area contributed by atoms with Gasteiger partial charge in [0.1, 0.15) is 11.8 Å². The van der Waals surface area contributed by atoms with E-state index in [1.807, 2.05) is 0 Å². The van der Waals surface area contributed by atoms with Gasteiger partial charge < -0.3 is 15.6 Å². The van der Waals surface area contributed by atoms with Crippen LogP contribution in [0.3, 0.4) is 0 Å². The van der Waals surface area contributed by atoms with Crippen LogP contribution in [0.1, 0.15) is 12.8 Å². The van der Waals surface area contributed by atoms with E-state index in [1.165, 1.54) is 12.8 Å². The highest BCUT2D eigenvalue weighted by Crippen LogP contribution is 2.17. The Labute approximate surface area is 99.3 Å². The molecule has 0 unspecified atom stereocenters. The number of rotatable bonds is 3. The molecule has 1 aliphatic rings. The van der Waals surface area contributed by atoms with Gasteiger partial charge in [-0.1, -0.05) is 0 Å². The van der Waals surface area contributed by atoms with Gasteiger partial charge in [-0.3, -0.25) is 0 Å². The van der Waals surface area contributed by atoms with Crippen LogP contribution in [-0.2, 0) is 0 Å². The normalized spacial score (nSPS) is 17.4. The number of anilines is 1. The zero-order valence-corrected chi connectivity index (χ0v) is 9.61. The Hall–Kier alpha value is -1.69. The van der Waals surface area contributed by atoms with E-state index in [4.69, 9.17) is 0 Å². The number of piperidine rings is 1. The lowest BCUT2D eigenvalue weighted by atomic mass is 9.98. The van der Waals surface area contributed by atoms with E-state index < -0.39 is 0 Å². The number of aromatic amines is 1. The smallest absolute Gasteiger partial charge is 0.182 e. The maximum atomic E-state index is 4.25. The molecule has 2 aromatic rings. The maximum absolute atomic E-state index is 4.25. The second kappa shape index (κ2) is 4.67. The third-order valence-corrected chi connectivity index (χ3v) is 3.24. The van der Waals surface area contributed by atoms with Gasteiger partial charge in [-0.15, -0.1) is 0 Å². The van der Waals surface area contributed by atoms with Gasteiger partial charge in [0.05, 0.1) is 6.33 Å². The molecule has 1 saturated heterocycles. The van der Waals surface area contributed by atoms with Crippen molar-refractivity contribution in [3.8, 4) is 0 Å². The van der Waals surface area contributed by atoms with Crippen LogP contribution in [0.2, 0.25) is 0 Å². The lowest BCUT2D eigenvalue weighted by Gasteiger charge is -2.22. The summed E-state index contributed by atoms with van der Waals surface area (Å²) >= 11 is 0. The minimum absolute atomic E-state index is 0.716. The molecule has 6 heteroatoms. The van der Waals surface area contributed by atoms with Crippen LogP contribution in [0.25, 0.3) is 11.2 Å². The molecule has 2 aromatic heterocycles. The Kier molecular flexibility index (Phi) is 2.87. The van der Waals surface area contributed by atoms with Gasteiger partial charge in [0.25, 0.3) is 0 Å². The molecule has 1 aliphatic heterocycles. The van der Waals surface area contributed by atoms with Crippen LogP contribution < -0.4 is 10.6 Å². The summed E-state index contributed by atoms with van der Waals surface area (Å²) in [5.74, 6) is 1.58. The van der Waals surface area contributed by atoms with Gasteiger partial charge in [-0.2, -0.15) is 0 Å². The van der Waals surface area contributed by atoms with E-state index >= 15 is 0 Å². The molecule has 0 atom stereocenters. The molecule has 6 nitrogen and oxygen atoms in total. The fourth-order valence-corrected chi connectivity index (χ4v) is 2.23. The Balaban J connectivity index is 1.69. The lowest BCUT2D eigenvalue weighted by molar-refractivity contribution is 0.389. The number of aromatic nitrogens is 4. The largest absolute Gasteiger partial charge is 0.368 e. The van der Waals surface area contributed by atoms with Crippen LogP contribution in [-0.4, -0.2) is 39.6 Å². The number of H-pyrrole nitrogens is 1. The van der Waals surface area contributed by atoms with Crippen molar-refractivity contribution in [3.05, 3.63) is 12.7 Å². The Morgan fingerprint density at radius 2 is 2.12 bits per heavy atom. The molecule has 3 heterocycles. The van der Waals surface area contributed by atoms with Crippen molar-refractivity contribution >= 4 is 17.0 Å². The molecule has 3 rings (SSSR count). The van der Waals surface area contributed by atoms with Crippen LogP contribution in [0.15, 0.2) is 12.7 Å². The van der Waals surface area contributed by atoms with Crippen molar-refractivity contribution in [1.29, 1.82) is 0 Å². The standard InChI is InChI=1S/C11H16N6/c1-3-12-4-2-8(1)5-13-10-9-11(15-6-14-9)17-7-16-10/h6-8,12H,1-5H2,(H2,13,14,15,16,17). The van der Waals surface area contributed by atoms with Gasteiger partial charge in [0.2, 0.25) is 0 Å². The van der Waals surface area contributed by atoms with Crippen LogP contribution in [0.5, 0.6) is 0 Å². The molecule has 0 aliphatic carbocycles. The second-order valence-electron chi connectivity index (χ2n) is 4.40. The van der Waals surface area contributed by atoms with Crippen molar-refractivity contribution in [2.75, 3.05) is 25.0 Å². The maximum Gasteiger partial charge on any atom is 0.182 e. The molecule has 0 aromatic carbocycles. The number of nitrogens with zero attached hydrogens (tertiary/aromatic N) is 3. The number of hydrogen-bond acceptors (Lipinski definition) is 5. The molecule has 90 valence electrons. The van der Waals surface area contributed by atoms with Gasteiger partial charge in [-0.25, -0.2) is 15.0 Å². The number of imidazole rings is 1. The number of nitrogens with one attached hydrogen (secondary N) is 3. The Morgan fingerprint density at radius 1 is 1.24 bits per heavy atom. The average Bonchev–Trinajstić information content (AvgIpc) is 2.86. The van der Waals surface area contributed by atoms with Crippen molar-refractivity contribution < 1.29 is 0 Å². The highest BCUT2D eigenvalue weighted by atomic mass is 15.1. The first-order valence-electron chi connectivity index (χ1n) is 6.02. The Bertz CT molecular complexity index is 487. The molecule has 0 bridgehead atoms. The van der Waals surface area contributed by atoms with Crippen LogP contribution >= 0.6 is 0 Å². The zero-order valence-electron chi connectivity index (χ0n) is 9.61. The van der Waals surface area contributed by atoms with E-state index in [-0.39, 0.29) is 0 Å². The minimum atomic E-state index is 0.716. The number of fused-ring (bicyclic) bond motifs is 1. The summed E-state index contributed by atoms with van der Waals surface area (Å²) in [5.41, 5.74) is 1.61. The van der Waals surface area contributed by atoms with Crippen molar-refractivity contribution in [2.24, 2.45) is 5.92 Å². The van der Waals surface area contributed by atoms with E-state index in [2.05, 4.69) is 30.6 Å². The topological polar surface area (TPSA) is 78.5 Å². The molecule has 3 N–H and O–H groups in total. The second-order valence-corrected chi connectivity index (χ2v) is 4.40. The van der Waals surface area contributed by atoms with Gasteiger partial charge >= 0.3 is 0 Å². The van der Waals surface area contributed by atoms with Crippen LogP contribution in [0, 0.1) is 5.92 Å². The molecule has 17 heavy (non-hydrogen) atoms. The first-order valence-corrected chi connectivity index (χ1v) is 6.02. The minimum Gasteiger partial charge on any atom is -0.368 e. The van der Waals surface area contributed by atoms with E-state index in [1.54, 1.807) is 12.7 Å². The third kappa shape index (κ3) is 2.21. The molecule has 0 amide bonds. The van der Waals surface area contributed by atoms with Gasteiger partial charge in [0, 0.05) is 6.54 Å². The lowest BCUT2D eigenvalue weighted by Crippen LogP contribution is -2.31. The molecule has 1 fully saturated rings. The highest BCUT2D eigenvalue weighted by Gasteiger charge is 2.13. The van der Waals surface area contributed by atoms with Crippen LogP contribution in [0.4, 0.5) is 5.82 Å².